The van der Waals surface area contributed by atoms with Crippen LogP contribution in [0.5, 0.6) is 5.75 Å². The van der Waals surface area contributed by atoms with Crippen LogP contribution in [0.2, 0.25) is 0 Å². The number of nitrogens with two attached hydrogens (primary N) is 1. The minimum absolute atomic E-state index is 0.00806. The number of nitrogens with zero attached hydrogens (tertiary/aromatic N) is 5. The van der Waals surface area contributed by atoms with Gasteiger partial charge in [-0.3, -0.25) is 14.7 Å². The number of fused-ring (bicyclic) bond motifs is 1. The summed E-state index contributed by atoms with van der Waals surface area (Å²) in [7, 11) is 0. The lowest BCUT2D eigenvalue weighted by atomic mass is 10.1. The Labute approximate surface area is 188 Å². The number of morpholine rings is 1. The van der Waals surface area contributed by atoms with Crippen LogP contribution in [0.4, 0.5) is 0 Å². The molecule has 4 aromatic rings. The molecule has 5 rings (SSSR count). The molecule has 2 aromatic heterocycles. The van der Waals surface area contributed by atoms with Gasteiger partial charge in [0.2, 0.25) is 0 Å². The molecule has 0 radical (unpaired) electrons. The van der Waals surface area contributed by atoms with E-state index in [4.69, 9.17) is 15.2 Å². The molecular formula is C22H21N7O4. The minimum Gasteiger partial charge on any atom is -0.484 e. The molecule has 33 heavy (non-hydrogen) atoms. The highest BCUT2D eigenvalue weighted by Crippen LogP contribution is 2.28. The van der Waals surface area contributed by atoms with Crippen LogP contribution in [-0.4, -0.2) is 74.8 Å². The zero-order chi connectivity index (χ0) is 22.8. The molecule has 0 unspecified atom stereocenters. The molecule has 3 N–H and O–H groups in total. The SMILES string of the molecule is NC(=O)COc1ccc2c(-c3cn(-c4ccc(C(=O)N5CCOCC5)cc4)nn3)n[nH]c2c1. The van der Waals surface area contributed by atoms with Crippen molar-refractivity contribution >= 4 is 22.7 Å². The summed E-state index contributed by atoms with van der Waals surface area (Å²) in [5.41, 5.74) is 8.46. The Hall–Kier alpha value is -4.25. The van der Waals surface area contributed by atoms with Crippen molar-refractivity contribution in [3.05, 3.63) is 54.2 Å². The van der Waals surface area contributed by atoms with Crippen molar-refractivity contribution in [1.82, 2.24) is 30.1 Å². The Balaban J connectivity index is 1.34. The van der Waals surface area contributed by atoms with Gasteiger partial charge in [-0.2, -0.15) is 5.10 Å². The smallest absolute Gasteiger partial charge is 0.255 e. The van der Waals surface area contributed by atoms with Crippen LogP contribution in [0, 0.1) is 0 Å². The van der Waals surface area contributed by atoms with Gasteiger partial charge in [-0.1, -0.05) is 5.21 Å². The number of H-pyrrole nitrogens is 1. The maximum absolute atomic E-state index is 12.6. The number of carbonyl (C=O) groups is 2. The molecule has 0 saturated carbocycles. The van der Waals surface area contributed by atoms with Crippen LogP contribution in [-0.2, 0) is 9.53 Å². The van der Waals surface area contributed by atoms with E-state index < -0.39 is 5.91 Å². The summed E-state index contributed by atoms with van der Waals surface area (Å²) >= 11 is 0. The fraction of sp³-hybridized carbons (Fsp3) is 0.227. The van der Waals surface area contributed by atoms with Gasteiger partial charge < -0.3 is 20.1 Å². The van der Waals surface area contributed by atoms with E-state index in [9.17, 15) is 9.59 Å². The third-order valence-electron chi connectivity index (χ3n) is 5.33. The van der Waals surface area contributed by atoms with E-state index in [1.165, 1.54) is 0 Å². The standard InChI is InChI=1S/C22H21N7O4/c23-20(30)13-33-16-5-6-17-18(11-16)24-26-21(17)19-12-29(27-25-19)15-3-1-14(2-4-15)22(31)28-7-9-32-10-8-28/h1-6,11-12H,7-10,13H2,(H2,23,30)(H,24,26). The second-order valence-electron chi connectivity index (χ2n) is 7.53. The second-order valence-corrected chi connectivity index (χ2v) is 7.53. The highest BCUT2D eigenvalue weighted by atomic mass is 16.5. The molecule has 0 bridgehead atoms. The molecule has 1 aliphatic heterocycles. The molecule has 0 aliphatic carbocycles. The van der Waals surface area contributed by atoms with Crippen molar-refractivity contribution in [3.63, 3.8) is 0 Å². The van der Waals surface area contributed by atoms with Gasteiger partial charge in [-0.05, 0) is 36.4 Å². The summed E-state index contributed by atoms with van der Waals surface area (Å²) in [6.07, 6.45) is 1.77. The van der Waals surface area contributed by atoms with Gasteiger partial charge in [0, 0.05) is 30.1 Å². The first-order valence-corrected chi connectivity index (χ1v) is 10.4. The Bertz CT molecular complexity index is 1310. The van der Waals surface area contributed by atoms with E-state index in [0.29, 0.717) is 49.0 Å². The number of carbonyl (C=O) groups excluding carboxylic acids is 2. The van der Waals surface area contributed by atoms with Crippen molar-refractivity contribution in [3.8, 4) is 22.8 Å². The number of aromatic amines is 1. The Morgan fingerprint density at radius 3 is 2.67 bits per heavy atom. The summed E-state index contributed by atoms with van der Waals surface area (Å²) in [5, 5.41) is 16.6. The molecule has 1 aliphatic rings. The second kappa shape index (κ2) is 8.71. The predicted octanol–water partition coefficient (Wildman–Crippen LogP) is 1.15. The van der Waals surface area contributed by atoms with E-state index in [-0.39, 0.29) is 12.5 Å². The van der Waals surface area contributed by atoms with Crippen molar-refractivity contribution < 1.29 is 19.1 Å². The molecule has 2 amide bonds. The number of nitrogens with one attached hydrogen (secondary N) is 1. The van der Waals surface area contributed by atoms with Crippen LogP contribution in [0.25, 0.3) is 28.0 Å². The number of ether oxygens (including phenoxy) is 2. The lowest BCUT2D eigenvalue weighted by Gasteiger charge is -2.26. The van der Waals surface area contributed by atoms with Crippen LogP contribution in [0.1, 0.15) is 10.4 Å². The van der Waals surface area contributed by atoms with Gasteiger partial charge >= 0.3 is 0 Å². The number of rotatable bonds is 6. The first-order chi connectivity index (χ1) is 16.1. The molecule has 0 spiro atoms. The minimum atomic E-state index is -0.546. The maximum atomic E-state index is 12.6. The van der Waals surface area contributed by atoms with Gasteiger partial charge in [0.15, 0.2) is 6.61 Å². The highest BCUT2D eigenvalue weighted by molar-refractivity contribution is 5.94. The molecular weight excluding hydrogens is 426 g/mol. The summed E-state index contributed by atoms with van der Waals surface area (Å²) in [6.45, 7) is 2.13. The fourth-order valence-electron chi connectivity index (χ4n) is 3.64. The van der Waals surface area contributed by atoms with E-state index in [1.54, 1.807) is 40.0 Å². The summed E-state index contributed by atoms with van der Waals surface area (Å²) in [4.78, 5) is 25.3. The van der Waals surface area contributed by atoms with Gasteiger partial charge in [-0.15, -0.1) is 5.10 Å². The number of benzene rings is 2. The Morgan fingerprint density at radius 2 is 1.91 bits per heavy atom. The first-order valence-electron chi connectivity index (χ1n) is 10.4. The average Bonchev–Trinajstić information content (AvgIpc) is 3.50. The zero-order valence-electron chi connectivity index (χ0n) is 17.6. The summed E-state index contributed by atoms with van der Waals surface area (Å²) < 4.78 is 12.3. The predicted molar refractivity (Wildman–Crippen MR) is 118 cm³/mol. The van der Waals surface area contributed by atoms with Crippen LogP contribution < -0.4 is 10.5 Å². The van der Waals surface area contributed by atoms with Crippen LogP contribution in [0.15, 0.2) is 48.7 Å². The van der Waals surface area contributed by atoms with E-state index >= 15 is 0 Å². The van der Waals surface area contributed by atoms with E-state index in [2.05, 4.69) is 20.5 Å². The fourth-order valence-corrected chi connectivity index (χ4v) is 3.64. The van der Waals surface area contributed by atoms with E-state index in [1.807, 2.05) is 18.2 Å². The van der Waals surface area contributed by atoms with Crippen LogP contribution >= 0.6 is 0 Å². The van der Waals surface area contributed by atoms with Crippen molar-refractivity contribution in [2.24, 2.45) is 5.73 Å². The molecule has 11 nitrogen and oxygen atoms in total. The molecule has 1 saturated heterocycles. The third kappa shape index (κ3) is 4.26. The normalized spacial score (nSPS) is 13.9. The highest BCUT2D eigenvalue weighted by Gasteiger charge is 2.19. The lowest BCUT2D eigenvalue weighted by Crippen LogP contribution is -2.40. The van der Waals surface area contributed by atoms with Gasteiger partial charge in [-0.25, -0.2) is 4.68 Å². The average molecular weight is 447 g/mol. The van der Waals surface area contributed by atoms with Crippen molar-refractivity contribution in [2.75, 3.05) is 32.9 Å². The number of amides is 2. The van der Waals surface area contributed by atoms with Crippen molar-refractivity contribution in [2.45, 2.75) is 0 Å². The molecule has 0 atom stereocenters. The zero-order valence-corrected chi connectivity index (χ0v) is 17.6. The number of primary amides is 1. The monoisotopic (exact) mass is 447 g/mol. The lowest BCUT2D eigenvalue weighted by molar-refractivity contribution is -0.119. The quantitative estimate of drug-likeness (QED) is 0.451. The van der Waals surface area contributed by atoms with Crippen LogP contribution in [0.3, 0.4) is 0 Å². The van der Waals surface area contributed by atoms with E-state index in [0.717, 1.165) is 16.6 Å². The number of hydrogen-bond acceptors (Lipinski definition) is 7. The topological polar surface area (TPSA) is 141 Å². The number of aromatic nitrogens is 5. The largest absolute Gasteiger partial charge is 0.484 e. The Morgan fingerprint density at radius 1 is 1.12 bits per heavy atom. The maximum Gasteiger partial charge on any atom is 0.255 e. The molecule has 2 aromatic carbocycles. The first kappa shape index (κ1) is 20.6. The van der Waals surface area contributed by atoms with Crippen molar-refractivity contribution in [1.29, 1.82) is 0 Å². The third-order valence-corrected chi connectivity index (χ3v) is 5.33. The molecule has 11 heteroatoms. The van der Waals surface area contributed by atoms with Gasteiger partial charge in [0.25, 0.3) is 11.8 Å². The molecule has 168 valence electrons. The van der Waals surface area contributed by atoms with Gasteiger partial charge in [0.05, 0.1) is 30.6 Å². The number of hydrogen-bond donors (Lipinski definition) is 2. The summed E-state index contributed by atoms with van der Waals surface area (Å²) in [6, 6.07) is 12.5. The Kier molecular flexibility index (Phi) is 5.45. The summed E-state index contributed by atoms with van der Waals surface area (Å²) in [5.74, 6) is -0.0475. The molecule has 3 heterocycles. The van der Waals surface area contributed by atoms with Gasteiger partial charge in [0.1, 0.15) is 17.1 Å². The molecule has 1 fully saturated rings.